The number of carbonyl (C=O) groups is 2. The number of para-hydroxylation sites is 1. The molecule has 12 heteroatoms. The average Bonchev–Trinajstić information content (AvgIpc) is 3.14. The zero-order valence-electron chi connectivity index (χ0n) is 21.8. The van der Waals surface area contributed by atoms with Crippen LogP contribution in [0.25, 0.3) is 11.0 Å². The number of amides is 2. The van der Waals surface area contributed by atoms with Crippen LogP contribution in [0.3, 0.4) is 0 Å². The van der Waals surface area contributed by atoms with Crippen molar-refractivity contribution in [3.05, 3.63) is 60.4 Å². The standard InChI is InChI=1S/C28H30F3N5O4/c1-2-24(37)35-13-4-3-6-19(17-35)36-25-21(7-5-8-22(25)40-20-10-14-39-15-11-20)33-27(36)34-26(38)18-9-12-32-23(16-18)28(29,30)31/h2,5,7-9,12,16,19-20H,1,3-4,6,10-11,13-15,17H2,(H,33,34,38)/t19-/m1/s1. The van der Waals surface area contributed by atoms with Crippen LogP contribution in [0.4, 0.5) is 19.1 Å². The highest BCUT2D eigenvalue weighted by atomic mass is 19.4. The summed E-state index contributed by atoms with van der Waals surface area (Å²) >= 11 is 0. The van der Waals surface area contributed by atoms with Crippen LogP contribution in [0.15, 0.2) is 49.2 Å². The fourth-order valence-electron chi connectivity index (χ4n) is 5.19. The third-order valence-electron chi connectivity index (χ3n) is 7.17. The molecule has 0 bridgehead atoms. The van der Waals surface area contributed by atoms with Gasteiger partial charge in [0.1, 0.15) is 23.1 Å². The van der Waals surface area contributed by atoms with Crippen molar-refractivity contribution in [2.24, 2.45) is 0 Å². The molecular weight excluding hydrogens is 527 g/mol. The lowest BCUT2D eigenvalue weighted by Crippen LogP contribution is -2.34. The van der Waals surface area contributed by atoms with Crippen LogP contribution in [0.1, 0.15) is 54.2 Å². The molecule has 1 aromatic carbocycles. The molecule has 2 aromatic heterocycles. The first-order chi connectivity index (χ1) is 19.2. The fraction of sp³-hybridized carbons (Fsp3) is 0.429. The number of nitrogens with one attached hydrogen (secondary N) is 1. The van der Waals surface area contributed by atoms with Crippen molar-refractivity contribution in [1.82, 2.24) is 19.4 Å². The Morgan fingerprint density at radius 1 is 1.15 bits per heavy atom. The predicted molar refractivity (Wildman–Crippen MR) is 141 cm³/mol. The van der Waals surface area contributed by atoms with Gasteiger partial charge in [-0.2, -0.15) is 13.2 Å². The third-order valence-corrected chi connectivity index (χ3v) is 7.17. The summed E-state index contributed by atoms with van der Waals surface area (Å²) in [6.07, 6.45) is 1.23. The second-order valence-electron chi connectivity index (χ2n) is 9.88. The van der Waals surface area contributed by atoms with Crippen molar-refractivity contribution in [2.75, 3.05) is 31.6 Å². The summed E-state index contributed by atoms with van der Waals surface area (Å²) in [5.41, 5.74) is -0.170. The van der Waals surface area contributed by atoms with Crippen molar-refractivity contribution >= 4 is 28.8 Å². The van der Waals surface area contributed by atoms with Gasteiger partial charge in [-0.25, -0.2) is 4.98 Å². The molecule has 2 amide bonds. The molecule has 0 saturated carbocycles. The van der Waals surface area contributed by atoms with Gasteiger partial charge in [0.15, 0.2) is 0 Å². The number of aromatic nitrogens is 3. The van der Waals surface area contributed by atoms with E-state index >= 15 is 0 Å². The van der Waals surface area contributed by atoms with Gasteiger partial charge in [-0.3, -0.25) is 19.9 Å². The molecule has 40 heavy (non-hydrogen) atoms. The molecule has 1 N–H and O–H groups in total. The number of ether oxygens (including phenoxy) is 2. The first kappa shape index (κ1) is 27.6. The molecule has 3 aromatic rings. The van der Waals surface area contributed by atoms with Gasteiger partial charge in [-0.05, 0) is 49.6 Å². The molecule has 2 saturated heterocycles. The molecule has 2 aliphatic rings. The summed E-state index contributed by atoms with van der Waals surface area (Å²) < 4.78 is 53.4. The van der Waals surface area contributed by atoms with Gasteiger partial charge < -0.3 is 18.9 Å². The molecule has 9 nitrogen and oxygen atoms in total. The van der Waals surface area contributed by atoms with Crippen molar-refractivity contribution in [3.8, 4) is 5.75 Å². The number of alkyl halides is 3. The minimum atomic E-state index is -4.69. The Kier molecular flexibility index (Phi) is 8.06. The normalized spacial score (nSPS) is 18.8. The number of benzene rings is 1. The van der Waals surface area contributed by atoms with Gasteiger partial charge in [0.2, 0.25) is 11.9 Å². The fourth-order valence-corrected chi connectivity index (χ4v) is 5.19. The van der Waals surface area contributed by atoms with E-state index < -0.39 is 17.8 Å². The number of anilines is 1. The van der Waals surface area contributed by atoms with E-state index in [4.69, 9.17) is 9.47 Å². The number of pyridine rings is 1. The SMILES string of the molecule is C=CC(=O)N1CCCC[C@@H](n2c(NC(=O)c3ccnc(C(F)(F)F)c3)nc3cccc(OC4CCOCC4)c32)C1. The highest BCUT2D eigenvalue weighted by Gasteiger charge is 2.33. The number of hydrogen-bond donors (Lipinski definition) is 1. The Morgan fingerprint density at radius 3 is 2.70 bits per heavy atom. The first-order valence-electron chi connectivity index (χ1n) is 13.3. The summed E-state index contributed by atoms with van der Waals surface area (Å²) in [5, 5.41) is 2.72. The Hall–Kier alpha value is -3.93. The van der Waals surface area contributed by atoms with E-state index in [1.165, 1.54) is 12.1 Å². The van der Waals surface area contributed by atoms with Crippen molar-refractivity contribution < 1.29 is 32.2 Å². The molecule has 2 fully saturated rings. The van der Waals surface area contributed by atoms with Crippen LogP contribution in [-0.2, 0) is 15.7 Å². The second-order valence-corrected chi connectivity index (χ2v) is 9.88. The summed E-state index contributed by atoms with van der Waals surface area (Å²) in [6, 6.07) is 7.07. The van der Waals surface area contributed by atoms with Gasteiger partial charge >= 0.3 is 6.18 Å². The number of imidazole rings is 1. The predicted octanol–water partition coefficient (Wildman–Crippen LogP) is 5.00. The van der Waals surface area contributed by atoms with Gasteiger partial charge in [0.05, 0.1) is 24.8 Å². The lowest BCUT2D eigenvalue weighted by Gasteiger charge is -2.27. The third kappa shape index (κ3) is 5.96. The maximum absolute atomic E-state index is 13.2. The Morgan fingerprint density at radius 2 is 1.95 bits per heavy atom. The summed E-state index contributed by atoms with van der Waals surface area (Å²) in [4.78, 5) is 35.5. The topological polar surface area (TPSA) is 98.6 Å². The molecule has 0 aliphatic carbocycles. The summed E-state index contributed by atoms with van der Waals surface area (Å²) in [7, 11) is 0. The Bertz CT molecular complexity index is 1400. The zero-order chi connectivity index (χ0) is 28.3. The second kappa shape index (κ2) is 11.7. The van der Waals surface area contributed by atoms with E-state index in [0.29, 0.717) is 55.6 Å². The van der Waals surface area contributed by atoms with Gasteiger partial charge in [-0.15, -0.1) is 0 Å². The number of likely N-dealkylation sites (tertiary alicyclic amines) is 1. The van der Waals surface area contributed by atoms with E-state index in [-0.39, 0.29) is 29.6 Å². The maximum atomic E-state index is 13.2. The molecule has 0 unspecified atom stereocenters. The monoisotopic (exact) mass is 557 g/mol. The molecule has 4 heterocycles. The zero-order valence-corrected chi connectivity index (χ0v) is 21.8. The number of carbonyl (C=O) groups excluding carboxylic acids is 2. The molecule has 5 rings (SSSR count). The molecule has 2 aliphatic heterocycles. The van der Waals surface area contributed by atoms with Crippen LogP contribution >= 0.6 is 0 Å². The lowest BCUT2D eigenvalue weighted by atomic mass is 10.1. The highest BCUT2D eigenvalue weighted by molar-refractivity contribution is 6.04. The van der Waals surface area contributed by atoms with Crippen LogP contribution in [0, 0.1) is 0 Å². The number of rotatable bonds is 6. The van der Waals surface area contributed by atoms with E-state index in [9.17, 15) is 22.8 Å². The minimum Gasteiger partial charge on any atom is -0.488 e. The molecular formula is C28H30F3N5O4. The van der Waals surface area contributed by atoms with Crippen LogP contribution in [0.5, 0.6) is 5.75 Å². The largest absolute Gasteiger partial charge is 0.488 e. The molecule has 0 spiro atoms. The average molecular weight is 558 g/mol. The molecule has 212 valence electrons. The van der Waals surface area contributed by atoms with E-state index in [2.05, 4.69) is 21.9 Å². The Labute approximate surface area is 229 Å². The minimum absolute atomic E-state index is 0.0636. The lowest BCUT2D eigenvalue weighted by molar-refractivity contribution is -0.141. The van der Waals surface area contributed by atoms with Crippen molar-refractivity contribution in [3.63, 3.8) is 0 Å². The number of halogens is 3. The molecule has 0 radical (unpaired) electrons. The van der Waals surface area contributed by atoms with Crippen LogP contribution < -0.4 is 10.1 Å². The maximum Gasteiger partial charge on any atom is 0.433 e. The smallest absolute Gasteiger partial charge is 0.433 e. The van der Waals surface area contributed by atoms with E-state index in [0.717, 1.165) is 31.9 Å². The number of fused-ring (bicyclic) bond motifs is 1. The van der Waals surface area contributed by atoms with Gasteiger partial charge in [0, 0.05) is 37.7 Å². The van der Waals surface area contributed by atoms with Gasteiger partial charge in [0.25, 0.3) is 5.91 Å². The van der Waals surface area contributed by atoms with Crippen LogP contribution in [0.2, 0.25) is 0 Å². The van der Waals surface area contributed by atoms with E-state index in [1.54, 1.807) is 17.0 Å². The van der Waals surface area contributed by atoms with Crippen molar-refractivity contribution in [2.45, 2.75) is 50.4 Å². The number of hydrogen-bond acceptors (Lipinski definition) is 6. The number of nitrogens with zero attached hydrogens (tertiary/aromatic N) is 4. The van der Waals surface area contributed by atoms with E-state index in [1.807, 2.05) is 10.6 Å². The van der Waals surface area contributed by atoms with Gasteiger partial charge in [-0.1, -0.05) is 12.6 Å². The molecule has 1 atom stereocenters. The highest BCUT2D eigenvalue weighted by Crippen LogP contribution is 2.36. The summed E-state index contributed by atoms with van der Waals surface area (Å²) in [5.74, 6) is -0.223. The van der Waals surface area contributed by atoms with Crippen molar-refractivity contribution in [1.29, 1.82) is 0 Å². The van der Waals surface area contributed by atoms with Crippen LogP contribution in [-0.4, -0.2) is 63.7 Å². The Balaban J connectivity index is 1.57. The quantitative estimate of drug-likeness (QED) is 0.429. The summed E-state index contributed by atoms with van der Waals surface area (Å²) in [6.45, 7) is 5.71. The first-order valence-corrected chi connectivity index (χ1v) is 13.3.